The summed E-state index contributed by atoms with van der Waals surface area (Å²) in [6, 6.07) is 20.6. The molecule has 152 valence electrons. The Balaban J connectivity index is 1.46. The minimum Gasteiger partial charge on any atom is -0.351 e. The molecule has 2 N–H and O–H groups in total. The highest BCUT2D eigenvalue weighted by molar-refractivity contribution is 5.98. The van der Waals surface area contributed by atoms with E-state index in [1.165, 1.54) is 4.68 Å². The van der Waals surface area contributed by atoms with Crippen molar-refractivity contribution in [3.63, 3.8) is 0 Å². The topological polar surface area (TPSA) is 92.7 Å². The summed E-state index contributed by atoms with van der Waals surface area (Å²) in [6.07, 6.45) is 3.39. The number of nitrogens with one attached hydrogen (secondary N) is 2. The number of rotatable bonds is 5. The summed E-state index contributed by atoms with van der Waals surface area (Å²) in [5, 5.41) is 9.74. The van der Waals surface area contributed by atoms with E-state index in [4.69, 9.17) is 0 Å². The van der Waals surface area contributed by atoms with Crippen molar-refractivity contribution in [1.29, 1.82) is 0 Å². The van der Waals surface area contributed by atoms with Crippen LogP contribution in [0.15, 0.2) is 83.9 Å². The van der Waals surface area contributed by atoms with Crippen LogP contribution in [0.25, 0.3) is 21.7 Å². The van der Waals surface area contributed by atoms with E-state index in [2.05, 4.69) is 20.4 Å². The molecule has 7 heteroatoms. The standard InChI is InChI=1S/C24H19N5O2/c30-23(21-12-17-7-1-4-10-20(17)27-21)26-14-22-18-8-2-3-9-19(18)24(31)29(28-22)15-16-6-5-11-25-13-16/h1-13,27H,14-15H2,(H,26,30). The summed E-state index contributed by atoms with van der Waals surface area (Å²) >= 11 is 0. The van der Waals surface area contributed by atoms with Gasteiger partial charge in [0, 0.05) is 28.7 Å². The Hall–Kier alpha value is -4.26. The number of hydrogen-bond acceptors (Lipinski definition) is 4. The Morgan fingerprint density at radius 1 is 1.00 bits per heavy atom. The third-order valence-corrected chi connectivity index (χ3v) is 5.19. The zero-order valence-corrected chi connectivity index (χ0v) is 16.6. The average Bonchev–Trinajstić information content (AvgIpc) is 3.25. The number of carbonyl (C=O) groups is 1. The minimum atomic E-state index is -0.230. The number of hydrogen-bond donors (Lipinski definition) is 2. The van der Waals surface area contributed by atoms with Gasteiger partial charge in [-0.3, -0.25) is 14.6 Å². The van der Waals surface area contributed by atoms with E-state index in [1.54, 1.807) is 18.5 Å². The van der Waals surface area contributed by atoms with Crippen LogP contribution in [0.3, 0.4) is 0 Å². The van der Waals surface area contributed by atoms with Gasteiger partial charge in [-0.2, -0.15) is 5.10 Å². The van der Waals surface area contributed by atoms with Gasteiger partial charge in [-0.15, -0.1) is 0 Å². The van der Waals surface area contributed by atoms with Gasteiger partial charge in [-0.25, -0.2) is 4.68 Å². The number of pyridine rings is 1. The third kappa shape index (κ3) is 3.69. The maximum absolute atomic E-state index is 12.9. The summed E-state index contributed by atoms with van der Waals surface area (Å²) < 4.78 is 1.42. The number of para-hydroxylation sites is 1. The molecular formula is C24H19N5O2. The van der Waals surface area contributed by atoms with Crippen LogP contribution in [0.5, 0.6) is 0 Å². The maximum Gasteiger partial charge on any atom is 0.274 e. The monoisotopic (exact) mass is 409 g/mol. The second-order valence-corrected chi connectivity index (χ2v) is 7.27. The number of aromatic amines is 1. The summed E-state index contributed by atoms with van der Waals surface area (Å²) in [5.41, 5.74) is 2.71. The van der Waals surface area contributed by atoms with Gasteiger partial charge in [0.25, 0.3) is 11.5 Å². The van der Waals surface area contributed by atoms with E-state index >= 15 is 0 Å². The summed E-state index contributed by atoms with van der Waals surface area (Å²) in [6.45, 7) is 0.502. The first-order valence-electron chi connectivity index (χ1n) is 9.92. The van der Waals surface area contributed by atoms with Crippen LogP contribution in [0, 0.1) is 0 Å². The molecule has 0 saturated carbocycles. The van der Waals surface area contributed by atoms with E-state index in [-0.39, 0.29) is 18.0 Å². The molecule has 2 aromatic carbocycles. The molecule has 1 amide bonds. The van der Waals surface area contributed by atoms with E-state index in [1.807, 2.05) is 60.7 Å². The first-order chi connectivity index (χ1) is 15.2. The van der Waals surface area contributed by atoms with Crippen molar-refractivity contribution in [1.82, 2.24) is 25.1 Å². The molecule has 0 fully saturated rings. The molecule has 0 radical (unpaired) electrons. The zero-order chi connectivity index (χ0) is 21.2. The molecule has 0 atom stereocenters. The summed E-state index contributed by atoms with van der Waals surface area (Å²) in [5.74, 6) is -0.230. The fourth-order valence-electron chi connectivity index (χ4n) is 3.66. The molecule has 0 saturated heterocycles. The average molecular weight is 409 g/mol. The largest absolute Gasteiger partial charge is 0.351 e. The van der Waals surface area contributed by atoms with Crippen molar-refractivity contribution in [3.05, 3.63) is 106 Å². The Morgan fingerprint density at radius 2 is 1.81 bits per heavy atom. The highest BCUT2D eigenvalue weighted by atomic mass is 16.2. The molecule has 31 heavy (non-hydrogen) atoms. The second kappa shape index (κ2) is 7.87. The van der Waals surface area contributed by atoms with Gasteiger partial charge in [0.05, 0.1) is 24.2 Å². The van der Waals surface area contributed by atoms with Gasteiger partial charge >= 0.3 is 0 Å². The van der Waals surface area contributed by atoms with Gasteiger partial charge in [0.15, 0.2) is 0 Å². The minimum absolute atomic E-state index is 0.176. The smallest absolute Gasteiger partial charge is 0.274 e. The van der Waals surface area contributed by atoms with Crippen LogP contribution in [-0.4, -0.2) is 25.7 Å². The predicted octanol–water partition coefficient (Wildman–Crippen LogP) is 3.25. The van der Waals surface area contributed by atoms with E-state index in [0.717, 1.165) is 21.9 Å². The third-order valence-electron chi connectivity index (χ3n) is 5.19. The second-order valence-electron chi connectivity index (χ2n) is 7.27. The molecule has 0 aliphatic rings. The molecule has 5 rings (SSSR count). The van der Waals surface area contributed by atoms with Gasteiger partial charge in [-0.05, 0) is 29.8 Å². The van der Waals surface area contributed by atoms with E-state index in [0.29, 0.717) is 23.3 Å². The van der Waals surface area contributed by atoms with Crippen LogP contribution < -0.4 is 10.9 Å². The van der Waals surface area contributed by atoms with Gasteiger partial charge in [0.1, 0.15) is 5.69 Å². The lowest BCUT2D eigenvalue weighted by molar-refractivity contribution is 0.0946. The lowest BCUT2D eigenvalue weighted by Crippen LogP contribution is -2.29. The zero-order valence-electron chi connectivity index (χ0n) is 16.6. The van der Waals surface area contributed by atoms with E-state index in [9.17, 15) is 9.59 Å². The first kappa shape index (κ1) is 18.7. The molecule has 5 aromatic rings. The quantitative estimate of drug-likeness (QED) is 0.466. The lowest BCUT2D eigenvalue weighted by Gasteiger charge is -2.11. The van der Waals surface area contributed by atoms with Crippen LogP contribution in [-0.2, 0) is 13.1 Å². The number of nitrogens with zero attached hydrogens (tertiary/aromatic N) is 3. The Bertz CT molecular complexity index is 1420. The van der Waals surface area contributed by atoms with Crippen LogP contribution in [0.4, 0.5) is 0 Å². The summed E-state index contributed by atoms with van der Waals surface area (Å²) in [7, 11) is 0. The summed E-state index contributed by atoms with van der Waals surface area (Å²) in [4.78, 5) is 32.9. The lowest BCUT2D eigenvalue weighted by atomic mass is 10.1. The highest BCUT2D eigenvalue weighted by Gasteiger charge is 2.14. The van der Waals surface area contributed by atoms with Crippen molar-refractivity contribution in [2.75, 3.05) is 0 Å². The van der Waals surface area contributed by atoms with Crippen LogP contribution >= 0.6 is 0 Å². The molecular weight excluding hydrogens is 390 g/mol. The number of amides is 1. The molecule has 0 bridgehead atoms. The molecule has 0 aliphatic carbocycles. The molecule has 7 nitrogen and oxygen atoms in total. The molecule has 3 aromatic heterocycles. The normalized spacial score (nSPS) is 11.1. The van der Waals surface area contributed by atoms with Crippen LogP contribution in [0.2, 0.25) is 0 Å². The molecule has 0 aliphatic heterocycles. The van der Waals surface area contributed by atoms with Crippen molar-refractivity contribution >= 4 is 27.6 Å². The number of carbonyl (C=O) groups excluding carboxylic acids is 1. The SMILES string of the molecule is O=C(NCc1nn(Cc2cccnc2)c(=O)c2ccccc12)c1cc2ccccc2[nH]1. The highest BCUT2D eigenvalue weighted by Crippen LogP contribution is 2.16. The van der Waals surface area contributed by atoms with Crippen molar-refractivity contribution in [2.45, 2.75) is 13.1 Å². The number of aromatic nitrogens is 4. The fraction of sp³-hybridized carbons (Fsp3) is 0.0833. The Kier molecular flexibility index (Phi) is 4.76. The fourth-order valence-corrected chi connectivity index (χ4v) is 3.66. The molecule has 0 spiro atoms. The first-order valence-corrected chi connectivity index (χ1v) is 9.92. The maximum atomic E-state index is 12.9. The Labute approximate surface area is 177 Å². The van der Waals surface area contributed by atoms with Gasteiger partial charge in [0.2, 0.25) is 0 Å². The number of benzene rings is 2. The van der Waals surface area contributed by atoms with Crippen molar-refractivity contribution in [3.8, 4) is 0 Å². The number of H-pyrrole nitrogens is 1. The van der Waals surface area contributed by atoms with Gasteiger partial charge < -0.3 is 10.3 Å². The van der Waals surface area contributed by atoms with Crippen molar-refractivity contribution < 1.29 is 4.79 Å². The van der Waals surface area contributed by atoms with Gasteiger partial charge in [-0.1, -0.05) is 42.5 Å². The molecule has 3 heterocycles. The molecule has 0 unspecified atom stereocenters. The predicted molar refractivity (Wildman–Crippen MR) is 119 cm³/mol. The number of fused-ring (bicyclic) bond motifs is 2. The van der Waals surface area contributed by atoms with Crippen molar-refractivity contribution in [2.24, 2.45) is 0 Å². The van der Waals surface area contributed by atoms with Crippen LogP contribution in [0.1, 0.15) is 21.7 Å². The van der Waals surface area contributed by atoms with E-state index < -0.39 is 0 Å². The Morgan fingerprint density at radius 3 is 2.61 bits per heavy atom.